The number of ether oxygens (including phenoxy) is 2. The molecule has 0 N–H and O–H groups in total. The highest BCUT2D eigenvalue weighted by Gasteiger charge is 2.13. The third-order valence-corrected chi connectivity index (χ3v) is 2.97. The molecule has 20 heavy (non-hydrogen) atoms. The van der Waals surface area contributed by atoms with Gasteiger partial charge in [-0.3, -0.25) is 0 Å². The van der Waals surface area contributed by atoms with Gasteiger partial charge in [0, 0.05) is 23.4 Å². The summed E-state index contributed by atoms with van der Waals surface area (Å²) in [4.78, 5) is 15.4. The van der Waals surface area contributed by atoms with Crippen molar-refractivity contribution in [3.8, 4) is 16.9 Å². The average molecular weight is 275 g/mol. The summed E-state index contributed by atoms with van der Waals surface area (Å²) in [7, 11) is 2.77. The summed E-state index contributed by atoms with van der Waals surface area (Å²) in [6, 6.07) is 6.18. The van der Waals surface area contributed by atoms with Gasteiger partial charge in [-0.2, -0.15) is 0 Å². The summed E-state index contributed by atoms with van der Waals surface area (Å²) in [5.74, 6) is -0.474. The number of nitrogens with zero attached hydrogens (tertiary/aromatic N) is 1. The molecule has 0 atom stereocenters. The Morgan fingerprint density at radius 3 is 2.50 bits per heavy atom. The molecule has 0 spiro atoms. The fourth-order valence-corrected chi connectivity index (χ4v) is 1.90. The maximum atomic E-state index is 14.0. The van der Waals surface area contributed by atoms with Gasteiger partial charge in [-0.25, -0.2) is 14.2 Å². The molecule has 4 nitrogen and oxygen atoms in total. The molecule has 0 saturated carbocycles. The predicted octanol–water partition coefficient (Wildman–Crippen LogP) is 2.99. The van der Waals surface area contributed by atoms with E-state index in [1.165, 1.54) is 26.5 Å². The van der Waals surface area contributed by atoms with Crippen molar-refractivity contribution in [1.82, 2.24) is 4.98 Å². The Bertz CT molecular complexity index is 656. The van der Waals surface area contributed by atoms with Crippen molar-refractivity contribution in [1.29, 1.82) is 0 Å². The number of benzene rings is 1. The van der Waals surface area contributed by atoms with Crippen molar-refractivity contribution < 1.29 is 18.7 Å². The van der Waals surface area contributed by atoms with Crippen molar-refractivity contribution in [3.05, 3.63) is 47.5 Å². The van der Waals surface area contributed by atoms with Crippen LogP contribution in [0.15, 0.2) is 30.5 Å². The first-order valence-electron chi connectivity index (χ1n) is 5.95. The molecular formula is C15H14FNO3. The number of aryl methyl sites for hydroxylation is 1. The molecule has 0 aliphatic rings. The van der Waals surface area contributed by atoms with E-state index in [1.807, 2.05) is 0 Å². The number of carbonyl (C=O) groups is 1. The van der Waals surface area contributed by atoms with Crippen LogP contribution in [0.3, 0.4) is 0 Å². The van der Waals surface area contributed by atoms with Gasteiger partial charge in [-0.1, -0.05) is 0 Å². The van der Waals surface area contributed by atoms with Crippen LogP contribution in [0.1, 0.15) is 16.1 Å². The standard InChI is InChI=1S/C15H14FNO3/c1-9-6-14(15(18)20-3)17-8-12(9)11-5-4-10(19-2)7-13(11)16/h4-8H,1-3H3. The minimum Gasteiger partial charge on any atom is -0.497 e. The van der Waals surface area contributed by atoms with Crippen LogP contribution < -0.4 is 4.74 Å². The fraction of sp³-hybridized carbons (Fsp3) is 0.200. The Morgan fingerprint density at radius 1 is 1.20 bits per heavy atom. The molecular weight excluding hydrogens is 261 g/mol. The van der Waals surface area contributed by atoms with Crippen LogP contribution in [0.4, 0.5) is 4.39 Å². The number of carbonyl (C=O) groups excluding carboxylic acids is 1. The van der Waals surface area contributed by atoms with E-state index >= 15 is 0 Å². The quantitative estimate of drug-likeness (QED) is 0.808. The third-order valence-electron chi connectivity index (χ3n) is 2.97. The molecule has 104 valence electrons. The molecule has 0 unspecified atom stereocenters. The topological polar surface area (TPSA) is 48.4 Å². The zero-order valence-electron chi connectivity index (χ0n) is 11.4. The Morgan fingerprint density at radius 2 is 1.95 bits per heavy atom. The van der Waals surface area contributed by atoms with Gasteiger partial charge in [0.15, 0.2) is 0 Å². The number of aromatic nitrogens is 1. The smallest absolute Gasteiger partial charge is 0.356 e. The van der Waals surface area contributed by atoms with E-state index in [-0.39, 0.29) is 5.69 Å². The molecule has 0 bridgehead atoms. The second-order valence-electron chi connectivity index (χ2n) is 4.22. The van der Waals surface area contributed by atoms with Crippen molar-refractivity contribution in [2.45, 2.75) is 6.92 Å². The molecule has 0 aliphatic carbocycles. The summed E-state index contributed by atoms with van der Waals surface area (Å²) in [6.07, 6.45) is 1.46. The first-order valence-corrected chi connectivity index (χ1v) is 5.95. The monoisotopic (exact) mass is 275 g/mol. The molecule has 2 rings (SSSR count). The summed E-state index contributed by atoms with van der Waals surface area (Å²) >= 11 is 0. The summed E-state index contributed by atoms with van der Waals surface area (Å²) in [5, 5.41) is 0. The van der Waals surface area contributed by atoms with Gasteiger partial charge >= 0.3 is 5.97 Å². The fourth-order valence-electron chi connectivity index (χ4n) is 1.90. The lowest BCUT2D eigenvalue weighted by atomic mass is 10.0. The number of hydrogen-bond donors (Lipinski definition) is 0. The molecule has 1 aromatic carbocycles. The number of esters is 1. The predicted molar refractivity (Wildman–Crippen MR) is 72.3 cm³/mol. The van der Waals surface area contributed by atoms with Gasteiger partial charge in [-0.05, 0) is 30.7 Å². The lowest BCUT2D eigenvalue weighted by Crippen LogP contribution is -2.05. The van der Waals surface area contributed by atoms with Crippen LogP contribution in [0, 0.1) is 12.7 Å². The van der Waals surface area contributed by atoms with E-state index in [2.05, 4.69) is 9.72 Å². The Balaban J connectivity index is 2.46. The highest BCUT2D eigenvalue weighted by Crippen LogP contribution is 2.28. The zero-order valence-corrected chi connectivity index (χ0v) is 11.4. The van der Waals surface area contributed by atoms with Gasteiger partial charge in [0.2, 0.25) is 0 Å². The summed E-state index contributed by atoms with van der Waals surface area (Å²) in [6.45, 7) is 1.78. The minimum absolute atomic E-state index is 0.197. The second kappa shape index (κ2) is 5.69. The van der Waals surface area contributed by atoms with Crippen molar-refractivity contribution in [3.63, 3.8) is 0 Å². The number of hydrogen-bond acceptors (Lipinski definition) is 4. The first-order chi connectivity index (χ1) is 9.56. The van der Waals surface area contributed by atoms with Gasteiger partial charge < -0.3 is 9.47 Å². The van der Waals surface area contributed by atoms with E-state index in [1.54, 1.807) is 25.1 Å². The maximum absolute atomic E-state index is 14.0. The lowest BCUT2D eigenvalue weighted by Gasteiger charge is -2.09. The zero-order chi connectivity index (χ0) is 14.7. The van der Waals surface area contributed by atoms with E-state index in [0.29, 0.717) is 16.9 Å². The van der Waals surface area contributed by atoms with E-state index in [4.69, 9.17) is 4.74 Å². The molecule has 0 fully saturated rings. The molecule has 0 aliphatic heterocycles. The van der Waals surface area contributed by atoms with Crippen LogP contribution in [0.2, 0.25) is 0 Å². The molecule has 5 heteroatoms. The molecule has 0 saturated heterocycles. The van der Waals surface area contributed by atoms with Crippen LogP contribution in [-0.2, 0) is 4.74 Å². The SMILES string of the molecule is COC(=O)c1cc(C)c(-c2ccc(OC)cc2F)cn1. The maximum Gasteiger partial charge on any atom is 0.356 e. The van der Waals surface area contributed by atoms with Crippen LogP contribution in [0.25, 0.3) is 11.1 Å². The van der Waals surface area contributed by atoms with E-state index in [0.717, 1.165) is 5.56 Å². The molecule has 1 heterocycles. The number of pyridine rings is 1. The molecule has 0 radical (unpaired) electrons. The summed E-state index contributed by atoms with van der Waals surface area (Å²) in [5.41, 5.74) is 1.97. The average Bonchev–Trinajstić information content (AvgIpc) is 2.46. The summed E-state index contributed by atoms with van der Waals surface area (Å²) < 4.78 is 23.6. The third kappa shape index (κ3) is 2.61. The number of halogens is 1. The number of methoxy groups -OCH3 is 2. The van der Waals surface area contributed by atoms with Gasteiger partial charge in [0.1, 0.15) is 17.3 Å². The highest BCUT2D eigenvalue weighted by molar-refractivity contribution is 5.88. The van der Waals surface area contributed by atoms with Gasteiger partial charge in [-0.15, -0.1) is 0 Å². The van der Waals surface area contributed by atoms with Crippen molar-refractivity contribution in [2.75, 3.05) is 14.2 Å². The van der Waals surface area contributed by atoms with Gasteiger partial charge in [0.05, 0.1) is 14.2 Å². The lowest BCUT2D eigenvalue weighted by molar-refractivity contribution is 0.0594. The second-order valence-corrected chi connectivity index (χ2v) is 4.22. The molecule has 2 aromatic rings. The van der Waals surface area contributed by atoms with Crippen molar-refractivity contribution in [2.24, 2.45) is 0 Å². The number of rotatable bonds is 3. The normalized spacial score (nSPS) is 10.2. The molecule has 1 aromatic heterocycles. The Kier molecular flexibility index (Phi) is 3.98. The van der Waals surface area contributed by atoms with Crippen LogP contribution >= 0.6 is 0 Å². The Hall–Kier alpha value is -2.43. The molecule has 0 amide bonds. The minimum atomic E-state index is -0.519. The van der Waals surface area contributed by atoms with Crippen molar-refractivity contribution >= 4 is 5.97 Å². The highest BCUT2D eigenvalue weighted by atomic mass is 19.1. The first kappa shape index (κ1) is 14.0. The van der Waals surface area contributed by atoms with E-state index < -0.39 is 11.8 Å². The van der Waals surface area contributed by atoms with Crippen LogP contribution in [0.5, 0.6) is 5.75 Å². The Labute approximate surface area is 116 Å². The van der Waals surface area contributed by atoms with Gasteiger partial charge in [0.25, 0.3) is 0 Å². The van der Waals surface area contributed by atoms with Crippen LogP contribution in [-0.4, -0.2) is 25.2 Å². The largest absolute Gasteiger partial charge is 0.497 e. The van der Waals surface area contributed by atoms with E-state index in [9.17, 15) is 9.18 Å².